The number of halogens is 1. The lowest BCUT2D eigenvalue weighted by Gasteiger charge is -2.07. The number of esters is 1. The van der Waals surface area contributed by atoms with Gasteiger partial charge in [-0.2, -0.15) is 0 Å². The summed E-state index contributed by atoms with van der Waals surface area (Å²) in [6, 6.07) is 12.6. The summed E-state index contributed by atoms with van der Waals surface area (Å²) in [4.78, 5) is 27.1. The van der Waals surface area contributed by atoms with Crippen LogP contribution < -0.4 is 0 Å². The molecule has 0 aliphatic heterocycles. The van der Waals surface area contributed by atoms with Crippen LogP contribution >= 0.6 is 11.6 Å². The van der Waals surface area contributed by atoms with Crippen molar-refractivity contribution in [2.75, 3.05) is 0 Å². The monoisotopic (exact) mass is 424 g/mol. The molecule has 0 unspecified atom stereocenters. The van der Waals surface area contributed by atoms with Gasteiger partial charge in [0.05, 0.1) is 21.7 Å². The number of carbonyl (C=O) groups excluding carboxylic acids is 1. The molecule has 9 nitrogen and oxygen atoms in total. The predicted molar refractivity (Wildman–Crippen MR) is 107 cm³/mol. The van der Waals surface area contributed by atoms with Crippen molar-refractivity contribution in [3.8, 4) is 11.5 Å². The van der Waals surface area contributed by atoms with E-state index >= 15 is 0 Å². The average Bonchev–Trinajstić information content (AvgIpc) is 3.21. The second-order valence-electron chi connectivity index (χ2n) is 6.34. The molecule has 150 valence electrons. The molecule has 0 aliphatic rings. The highest BCUT2D eigenvalue weighted by Crippen LogP contribution is 2.23. The number of nitro benzene ring substituents is 1. The first kappa shape index (κ1) is 19.5. The topological polar surface area (TPSA) is 121 Å². The summed E-state index contributed by atoms with van der Waals surface area (Å²) >= 11 is 6.00. The molecule has 10 heteroatoms. The summed E-state index contributed by atoms with van der Waals surface area (Å²) in [5, 5.41) is 19.7. The Hall–Kier alpha value is -3.85. The van der Waals surface area contributed by atoms with Crippen LogP contribution in [-0.4, -0.2) is 26.1 Å². The minimum Gasteiger partial charge on any atom is -0.452 e. The zero-order valence-electron chi connectivity index (χ0n) is 15.5. The molecule has 2 aromatic heterocycles. The van der Waals surface area contributed by atoms with Crippen molar-refractivity contribution in [3.63, 3.8) is 0 Å². The summed E-state index contributed by atoms with van der Waals surface area (Å²) in [6.45, 7) is 1.48. The van der Waals surface area contributed by atoms with E-state index in [9.17, 15) is 14.9 Å². The van der Waals surface area contributed by atoms with Gasteiger partial charge in [0.15, 0.2) is 6.61 Å². The molecule has 0 N–H and O–H groups in total. The summed E-state index contributed by atoms with van der Waals surface area (Å²) in [6.07, 6.45) is 0. The fourth-order valence-electron chi connectivity index (χ4n) is 2.81. The Kier molecular flexibility index (Phi) is 5.11. The van der Waals surface area contributed by atoms with Crippen molar-refractivity contribution < 1.29 is 18.9 Å². The molecular weight excluding hydrogens is 412 g/mol. The second-order valence-corrected chi connectivity index (χ2v) is 6.78. The van der Waals surface area contributed by atoms with Crippen LogP contribution in [0.25, 0.3) is 22.4 Å². The van der Waals surface area contributed by atoms with E-state index in [2.05, 4.69) is 15.2 Å². The van der Waals surface area contributed by atoms with Gasteiger partial charge in [-0.3, -0.25) is 15.1 Å². The minimum atomic E-state index is -0.586. The molecule has 4 aromatic rings. The van der Waals surface area contributed by atoms with Gasteiger partial charge in [0.1, 0.15) is 0 Å². The van der Waals surface area contributed by atoms with Gasteiger partial charge >= 0.3 is 5.97 Å². The van der Waals surface area contributed by atoms with Crippen LogP contribution in [-0.2, 0) is 11.3 Å². The number of ether oxygens (including phenoxy) is 1. The number of non-ortho nitro benzene ring substituents is 1. The first-order valence-electron chi connectivity index (χ1n) is 8.72. The van der Waals surface area contributed by atoms with E-state index in [1.54, 1.807) is 31.2 Å². The fourth-order valence-corrected chi connectivity index (χ4v) is 2.99. The first-order chi connectivity index (χ1) is 14.4. The molecule has 0 saturated heterocycles. The number of hydrogen-bond acceptors (Lipinski definition) is 8. The van der Waals surface area contributed by atoms with Crippen molar-refractivity contribution in [2.45, 2.75) is 13.5 Å². The summed E-state index contributed by atoms with van der Waals surface area (Å²) in [5.74, 6) is -0.336. The number of rotatable bonds is 5. The quantitative estimate of drug-likeness (QED) is 0.260. The van der Waals surface area contributed by atoms with Crippen LogP contribution in [0.3, 0.4) is 0 Å². The van der Waals surface area contributed by atoms with E-state index < -0.39 is 10.9 Å². The van der Waals surface area contributed by atoms with Crippen LogP contribution in [0.15, 0.2) is 52.9 Å². The third-order valence-corrected chi connectivity index (χ3v) is 4.54. The van der Waals surface area contributed by atoms with E-state index in [0.29, 0.717) is 21.8 Å². The number of benzene rings is 2. The molecule has 0 radical (unpaired) electrons. The number of nitrogens with zero attached hydrogens (tertiary/aromatic N) is 4. The van der Waals surface area contributed by atoms with Crippen LogP contribution in [0.5, 0.6) is 0 Å². The molecular formula is C20H13ClN4O5. The van der Waals surface area contributed by atoms with E-state index in [0.717, 1.165) is 10.9 Å². The number of aromatic nitrogens is 3. The standard InChI is InChI=1S/C20H13ClN4O5/c1-11-16(9-13-8-14(21)4-7-17(13)22-11)20(26)29-10-18-23-24-19(30-18)12-2-5-15(6-3-12)25(27)28/h2-9H,10H2,1H3. The van der Waals surface area contributed by atoms with E-state index in [-0.39, 0.29) is 24.1 Å². The van der Waals surface area contributed by atoms with Crippen molar-refractivity contribution in [1.82, 2.24) is 15.2 Å². The van der Waals surface area contributed by atoms with Gasteiger partial charge in [-0.25, -0.2) is 4.79 Å². The lowest BCUT2D eigenvalue weighted by atomic mass is 10.1. The second kappa shape index (κ2) is 7.88. The van der Waals surface area contributed by atoms with Crippen molar-refractivity contribution in [3.05, 3.63) is 80.8 Å². The van der Waals surface area contributed by atoms with Gasteiger partial charge in [0, 0.05) is 28.1 Å². The zero-order chi connectivity index (χ0) is 21.3. The van der Waals surface area contributed by atoms with E-state index in [4.69, 9.17) is 20.8 Å². The summed E-state index contributed by atoms with van der Waals surface area (Å²) in [7, 11) is 0. The van der Waals surface area contributed by atoms with E-state index in [1.165, 1.54) is 24.3 Å². The third-order valence-electron chi connectivity index (χ3n) is 4.31. The summed E-state index contributed by atoms with van der Waals surface area (Å²) < 4.78 is 10.7. The molecule has 0 amide bonds. The smallest absolute Gasteiger partial charge is 0.340 e. The Morgan fingerprint density at radius 3 is 2.67 bits per heavy atom. The molecule has 0 spiro atoms. The van der Waals surface area contributed by atoms with Gasteiger partial charge in [-0.1, -0.05) is 11.6 Å². The van der Waals surface area contributed by atoms with Gasteiger partial charge < -0.3 is 9.15 Å². The van der Waals surface area contributed by atoms with Gasteiger partial charge in [0.25, 0.3) is 11.6 Å². The maximum Gasteiger partial charge on any atom is 0.340 e. The third kappa shape index (κ3) is 3.96. The maximum absolute atomic E-state index is 12.5. The summed E-state index contributed by atoms with van der Waals surface area (Å²) in [5.41, 5.74) is 2.01. The highest BCUT2D eigenvalue weighted by molar-refractivity contribution is 6.31. The molecule has 2 aromatic carbocycles. The van der Waals surface area contributed by atoms with Crippen LogP contribution in [0, 0.1) is 17.0 Å². The molecule has 0 fully saturated rings. The number of nitro groups is 1. The lowest BCUT2D eigenvalue weighted by Crippen LogP contribution is -2.08. The number of fused-ring (bicyclic) bond motifs is 1. The lowest BCUT2D eigenvalue weighted by molar-refractivity contribution is -0.384. The van der Waals surface area contributed by atoms with Gasteiger partial charge in [-0.05, 0) is 43.3 Å². The Labute approximate surface area is 174 Å². The number of carbonyl (C=O) groups is 1. The van der Waals surface area contributed by atoms with Crippen molar-refractivity contribution in [2.24, 2.45) is 0 Å². The molecule has 4 rings (SSSR count). The van der Waals surface area contributed by atoms with Crippen molar-refractivity contribution >= 4 is 34.2 Å². The van der Waals surface area contributed by atoms with E-state index in [1.807, 2.05) is 0 Å². The zero-order valence-corrected chi connectivity index (χ0v) is 16.3. The molecule has 0 saturated carbocycles. The maximum atomic E-state index is 12.5. The minimum absolute atomic E-state index is 0.0481. The number of pyridine rings is 1. The fraction of sp³-hybridized carbons (Fsp3) is 0.100. The average molecular weight is 425 g/mol. The largest absolute Gasteiger partial charge is 0.452 e. The Balaban J connectivity index is 1.47. The molecule has 2 heterocycles. The molecule has 0 bridgehead atoms. The van der Waals surface area contributed by atoms with Crippen LogP contribution in [0.2, 0.25) is 5.02 Å². The van der Waals surface area contributed by atoms with Crippen LogP contribution in [0.1, 0.15) is 21.9 Å². The predicted octanol–water partition coefficient (Wildman–Crippen LogP) is 4.51. The highest BCUT2D eigenvalue weighted by Gasteiger charge is 2.16. The number of aryl methyl sites for hydroxylation is 1. The molecule has 30 heavy (non-hydrogen) atoms. The Morgan fingerprint density at radius 2 is 1.93 bits per heavy atom. The Morgan fingerprint density at radius 1 is 1.17 bits per heavy atom. The van der Waals surface area contributed by atoms with Crippen molar-refractivity contribution in [1.29, 1.82) is 0 Å². The Bertz CT molecular complexity index is 1270. The normalized spacial score (nSPS) is 10.9. The van der Waals surface area contributed by atoms with Crippen LogP contribution in [0.4, 0.5) is 5.69 Å². The number of hydrogen-bond donors (Lipinski definition) is 0. The molecule has 0 aliphatic carbocycles. The van der Waals surface area contributed by atoms with Gasteiger partial charge in [0.2, 0.25) is 5.89 Å². The SMILES string of the molecule is Cc1nc2ccc(Cl)cc2cc1C(=O)OCc1nnc(-c2ccc([N+](=O)[O-])cc2)o1. The highest BCUT2D eigenvalue weighted by atomic mass is 35.5. The first-order valence-corrected chi connectivity index (χ1v) is 9.10. The molecule has 0 atom stereocenters. The van der Waals surface area contributed by atoms with Gasteiger partial charge in [-0.15, -0.1) is 10.2 Å².